The van der Waals surface area contributed by atoms with Crippen molar-refractivity contribution in [3.8, 4) is 0 Å². The van der Waals surface area contributed by atoms with Crippen LogP contribution in [0, 0.1) is 6.92 Å². The Morgan fingerprint density at radius 3 is 3.09 bits per heavy atom. The van der Waals surface area contributed by atoms with Gasteiger partial charge in [0.05, 0.1) is 0 Å². The lowest BCUT2D eigenvalue weighted by Gasteiger charge is -2.20. The fraction of sp³-hybridized carbons (Fsp3) is 0.353. The molecular weight excluding hydrogens is 308 g/mol. The van der Waals surface area contributed by atoms with Crippen LogP contribution in [0.25, 0.3) is 0 Å². The molecule has 5 nitrogen and oxygen atoms in total. The Hall–Kier alpha value is -2.21. The first-order chi connectivity index (χ1) is 11.3. The van der Waals surface area contributed by atoms with Gasteiger partial charge in [-0.25, -0.2) is 4.98 Å². The largest absolute Gasteiger partial charge is 0.337 e. The average Bonchev–Trinajstić information content (AvgIpc) is 3.30. The summed E-state index contributed by atoms with van der Waals surface area (Å²) < 4.78 is 5.56. The monoisotopic (exact) mass is 326 g/mol. The van der Waals surface area contributed by atoms with Crippen molar-refractivity contribution in [1.29, 1.82) is 0 Å². The maximum absolute atomic E-state index is 5.56. The van der Waals surface area contributed by atoms with Crippen LogP contribution in [0.2, 0.25) is 0 Å². The molecule has 118 valence electrons. The molecule has 23 heavy (non-hydrogen) atoms. The van der Waals surface area contributed by atoms with Gasteiger partial charge < -0.3 is 9.42 Å². The number of nitrogens with zero attached hydrogens (tertiary/aromatic N) is 4. The van der Waals surface area contributed by atoms with Crippen LogP contribution < -0.4 is 4.90 Å². The SMILES string of the molecule is Cc1ccccc1Cc1noc([C@H]2CCCN2c2nccs2)n1. The van der Waals surface area contributed by atoms with Gasteiger partial charge in [0.2, 0.25) is 5.89 Å². The van der Waals surface area contributed by atoms with Crippen molar-refractivity contribution >= 4 is 16.5 Å². The van der Waals surface area contributed by atoms with Crippen molar-refractivity contribution in [3.05, 3.63) is 58.7 Å². The van der Waals surface area contributed by atoms with E-state index in [1.165, 1.54) is 11.1 Å². The zero-order chi connectivity index (χ0) is 15.6. The van der Waals surface area contributed by atoms with Gasteiger partial charge in [0, 0.05) is 24.5 Å². The maximum atomic E-state index is 5.56. The van der Waals surface area contributed by atoms with Gasteiger partial charge in [-0.2, -0.15) is 4.98 Å². The average molecular weight is 326 g/mol. The second kappa shape index (κ2) is 6.12. The highest BCUT2D eigenvalue weighted by Gasteiger charge is 2.32. The molecule has 6 heteroatoms. The smallest absolute Gasteiger partial charge is 0.249 e. The minimum atomic E-state index is 0.152. The quantitative estimate of drug-likeness (QED) is 0.730. The number of aromatic nitrogens is 3. The molecule has 0 spiro atoms. The Kier molecular flexibility index (Phi) is 3.83. The van der Waals surface area contributed by atoms with E-state index in [9.17, 15) is 0 Å². The predicted octanol–water partition coefficient (Wildman–Crippen LogP) is 3.77. The summed E-state index contributed by atoms with van der Waals surface area (Å²) in [6.45, 7) is 3.10. The molecule has 0 radical (unpaired) electrons. The first kappa shape index (κ1) is 14.4. The summed E-state index contributed by atoms with van der Waals surface area (Å²) in [5.74, 6) is 1.46. The van der Waals surface area contributed by atoms with Crippen LogP contribution in [-0.2, 0) is 6.42 Å². The van der Waals surface area contributed by atoms with Gasteiger partial charge in [-0.15, -0.1) is 11.3 Å². The third-order valence-corrected chi connectivity index (χ3v) is 5.10. The zero-order valence-electron chi connectivity index (χ0n) is 13.0. The van der Waals surface area contributed by atoms with E-state index in [1.54, 1.807) is 11.3 Å². The molecular formula is C17H18N4OS. The number of thiazole rings is 1. The number of anilines is 1. The van der Waals surface area contributed by atoms with E-state index in [4.69, 9.17) is 4.52 Å². The van der Waals surface area contributed by atoms with E-state index in [0.717, 1.165) is 30.3 Å². The molecule has 1 saturated heterocycles. The molecule has 0 saturated carbocycles. The summed E-state index contributed by atoms with van der Waals surface area (Å²) in [5, 5.41) is 7.22. The van der Waals surface area contributed by atoms with E-state index < -0.39 is 0 Å². The highest BCUT2D eigenvalue weighted by Crippen LogP contribution is 2.36. The fourth-order valence-corrected chi connectivity index (χ4v) is 3.78. The first-order valence-corrected chi connectivity index (χ1v) is 8.72. The Balaban J connectivity index is 1.55. The molecule has 0 aliphatic carbocycles. The number of aryl methyl sites for hydroxylation is 1. The molecule has 0 unspecified atom stereocenters. The summed E-state index contributed by atoms with van der Waals surface area (Å²) in [6, 6.07) is 8.47. The van der Waals surface area contributed by atoms with Gasteiger partial charge in [0.25, 0.3) is 0 Å². The Morgan fingerprint density at radius 1 is 1.35 bits per heavy atom. The predicted molar refractivity (Wildman–Crippen MR) is 89.7 cm³/mol. The highest BCUT2D eigenvalue weighted by molar-refractivity contribution is 7.13. The highest BCUT2D eigenvalue weighted by atomic mass is 32.1. The molecule has 4 rings (SSSR count). The number of hydrogen-bond acceptors (Lipinski definition) is 6. The second-order valence-electron chi connectivity index (χ2n) is 5.82. The van der Waals surface area contributed by atoms with Crippen LogP contribution in [0.3, 0.4) is 0 Å². The zero-order valence-corrected chi connectivity index (χ0v) is 13.8. The van der Waals surface area contributed by atoms with Gasteiger partial charge in [-0.05, 0) is 30.9 Å². The van der Waals surface area contributed by atoms with Crippen LogP contribution >= 0.6 is 11.3 Å². The van der Waals surface area contributed by atoms with Crippen LogP contribution in [0.1, 0.15) is 41.7 Å². The number of benzene rings is 1. The molecule has 3 aromatic rings. The number of rotatable bonds is 4. The molecule has 2 aromatic heterocycles. The van der Waals surface area contributed by atoms with E-state index in [-0.39, 0.29) is 6.04 Å². The molecule has 0 N–H and O–H groups in total. The number of hydrogen-bond donors (Lipinski definition) is 0. The summed E-state index contributed by atoms with van der Waals surface area (Å²) in [7, 11) is 0. The molecule has 1 aromatic carbocycles. The lowest BCUT2D eigenvalue weighted by Crippen LogP contribution is -2.22. The van der Waals surface area contributed by atoms with Crippen LogP contribution in [0.4, 0.5) is 5.13 Å². The second-order valence-corrected chi connectivity index (χ2v) is 6.69. The normalized spacial score (nSPS) is 17.8. The van der Waals surface area contributed by atoms with Crippen LogP contribution in [-0.4, -0.2) is 21.7 Å². The van der Waals surface area contributed by atoms with E-state index in [1.807, 2.05) is 23.7 Å². The topological polar surface area (TPSA) is 55.1 Å². The third-order valence-electron chi connectivity index (χ3n) is 4.30. The molecule has 3 heterocycles. The minimum Gasteiger partial charge on any atom is -0.337 e. The minimum absolute atomic E-state index is 0.152. The Morgan fingerprint density at radius 2 is 2.26 bits per heavy atom. The van der Waals surface area contributed by atoms with Crippen molar-refractivity contribution in [2.24, 2.45) is 0 Å². The molecule has 0 amide bonds. The Labute approximate surface area is 139 Å². The summed E-state index contributed by atoms with van der Waals surface area (Å²) in [5.41, 5.74) is 2.49. The molecule has 0 bridgehead atoms. The summed E-state index contributed by atoms with van der Waals surface area (Å²) >= 11 is 1.65. The van der Waals surface area contributed by atoms with Crippen LogP contribution in [0.5, 0.6) is 0 Å². The summed E-state index contributed by atoms with van der Waals surface area (Å²) in [6.07, 6.45) is 4.71. The summed E-state index contributed by atoms with van der Waals surface area (Å²) in [4.78, 5) is 11.3. The standard InChI is InChI=1S/C17H18N4OS/c1-12-5-2-3-6-13(12)11-15-19-16(22-20-15)14-7-4-9-21(14)17-18-8-10-23-17/h2-3,5-6,8,10,14H,4,7,9,11H2,1H3/t14-/m1/s1. The first-order valence-electron chi connectivity index (χ1n) is 7.84. The van der Waals surface area contributed by atoms with Crippen molar-refractivity contribution in [2.75, 3.05) is 11.4 Å². The van der Waals surface area contributed by atoms with Crippen LogP contribution in [0.15, 0.2) is 40.4 Å². The molecule has 1 aliphatic heterocycles. The lowest BCUT2D eigenvalue weighted by molar-refractivity contribution is 0.351. The van der Waals surface area contributed by atoms with E-state index >= 15 is 0 Å². The van der Waals surface area contributed by atoms with Gasteiger partial charge in [0.15, 0.2) is 11.0 Å². The van der Waals surface area contributed by atoms with E-state index in [2.05, 4.69) is 39.1 Å². The van der Waals surface area contributed by atoms with Gasteiger partial charge in [-0.3, -0.25) is 0 Å². The Bertz CT molecular complexity index is 784. The van der Waals surface area contributed by atoms with Gasteiger partial charge in [0.1, 0.15) is 6.04 Å². The molecule has 1 fully saturated rings. The van der Waals surface area contributed by atoms with Gasteiger partial charge >= 0.3 is 0 Å². The third kappa shape index (κ3) is 2.86. The lowest BCUT2D eigenvalue weighted by atomic mass is 10.1. The molecule has 1 aliphatic rings. The maximum Gasteiger partial charge on any atom is 0.249 e. The molecule has 1 atom stereocenters. The van der Waals surface area contributed by atoms with E-state index in [0.29, 0.717) is 12.3 Å². The van der Waals surface area contributed by atoms with Gasteiger partial charge in [-0.1, -0.05) is 29.4 Å². The van der Waals surface area contributed by atoms with Crippen molar-refractivity contribution in [1.82, 2.24) is 15.1 Å². The van der Waals surface area contributed by atoms with Crippen molar-refractivity contribution < 1.29 is 4.52 Å². The van der Waals surface area contributed by atoms with Crippen molar-refractivity contribution in [3.63, 3.8) is 0 Å². The van der Waals surface area contributed by atoms with Crippen molar-refractivity contribution in [2.45, 2.75) is 32.2 Å². The fourth-order valence-electron chi connectivity index (χ4n) is 3.06.